The molecule has 1 aliphatic heterocycles. The fourth-order valence-electron chi connectivity index (χ4n) is 1.62. The Labute approximate surface area is 87.2 Å². The lowest BCUT2D eigenvalue weighted by Gasteiger charge is -2.27. The van der Waals surface area contributed by atoms with Gasteiger partial charge in [-0.3, -0.25) is 10.1 Å². The summed E-state index contributed by atoms with van der Waals surface area (Å²) in [6.45, 7) is 1.86. The Morgan fingerprint density at radius 1 is 1.53 bits per heavy atom. The van der Waals surface area contributed by atoms with Crippen molar-refractivity contribution in [3.05, 3.63) is 33.9 Å². The normalized spacial score (nSPS) is 15.8. The third kappa shape index (κ3) is 1.78. The van der Waals surface area contributed by atoms with Gasteiger partial charge in [0.2, 0.25) is 0 Å². The minimum atomic E-state index is -0.429. The molecule has 0 saturated carbocycles. The van der Waals surface area contributed by atoms with Gasteiger partial charge in [0.25, 0.3) is 0 Å². The van der Waals surface area contributed by atoms with Gasteiger partial charge in [0.1, 0.15) is 0 Å². The summed E-state index contributed by atoms with van der Waals surface area (Å²) in [5.74, 6) is 0.795. The summed E-state index contributed by atoms with van der Waals surface area (Å²) in [6.07, 6.45) is 0. The largest absolute Gasteiger partial charge is 0.490 e. The van der Waals surface area contributed by atoms with Crippen LogP contribution in [0.5, 0.6) is 5.75 Å². The molecule has 5 heteroatoms. The fraction of sp³-hybridized carbons (Fsp3) is 0.400. The van der Waals surface area contributed by atoms with Crippen LogP contribution in [-0.4, -0.2) is 25.1 Å². The lowest BCUT2D eigenvalue weighted by molar-refractivity contribution is -0.385. The first-order valence-corrected chi connectivity index (χ1v) is 4.75. The molecule has 0 unspecified atom stereocenters. The van der Waals surface area contributed by atoms with Gasteiger partial charge in [-0.2, -0.15) is 0 Å². The molecular formula is C10H12N2O3. The van der Waals surface area contributed by atoms with E-state index in [2.05, 4.69) is 5.32 Å². The van der Waals surface area contributed by atoms with Crippen LogP contribution < -0.4 is 10.1 Å². The molecule has 1 aromatic rings. The van der Waals surface area contributed by atoms with Gasteiger partial charge in [-0.15, -0.1) is 0 Å². The van der Waals surface area contributed by atoms with Crippen LogP contribution in [-0.2, 0) is 0 Å². The summed E-state index contributed by atoms with van der Waals surface area (Å²) in [4.78, 5) is 10.2. The molecule has 1 heterocycles. The maximum atomic E-state index is 10.7. The molecule has 0 aliphatic carbocycles. The SMILES string of the molecule is COc1cc(C2CNC2)ccc1[N+](=O)[O-]. The van der Waals surface area contributed by atoms with Crippen molar-refractivity contribution in [1.29, 1.82) is 0 Å². The molecule has 5 nitrogen and oxygen atoms in total. The third-order valence-electron chi connectivity index (χ3n) is 2.65. The fourth-order valence-corrected chi connectivity index (χ4v) is 1.62. The second-order valence-corrected chi connectivity index (χ2v) is 3.54. The second kappa shape index (κ2) is 3.86. The van der Waals surface area contributed by atoms with Crippen molar-refractivity contribution in [3.8, 4) is 5.75 Å². The molecule has 15 heavy (non-hydrogen) atoms. The zero-order valence-electron chi connectivity index (χ0n) is 8.40. The van der Waals surface area contributed by atoms with Crippen LogP contribution in [0.15, 0.2) is 18.2 Å². The van der Waals surface area contributed by atoms with E-state index < -0.39 is 4.92 Å². The maximum absolute atomic E-state index is 10.7. The standard InChI is InChI=1S/C10H12N2O3/c1-15-10-4-7(8-5-11-6-8)2-3-9(10)12(13)14/h2-4,8,11H,5-6H2,1H3. The summed E-state index contributed by atoms with van der Waals surface area (Å²) in [5.41, 5.74) is 1.12. The average Bonchev–Trinajstić information content (AvgIpc) is 2.14. The van der Waals surface area contributed by atoms with E-state index in [1.54, 1.807) is 12.1 Å². The Hall–Kier alpha value is -1.62. The van der Waals surface area contributed by atoms with Gasteiger partial charge in [-0.1, -0.05) is 6.07 Å². The number of benzene rings is 1. The number of hydrogen-bond acceptors (Lipinski definition) is 4. The summed E-state index contributed by atoms with van der Waals surface area (Å²) in [5, 5.41) is 13.8. The molecule has 0 bridgehead atoms. The van der Waals surface area contributed by atoms with Gasteiger partial charge in [0, 0.05) is 25.1 Å². The number of nitrogens with zero attached hydrogens (tertiary/aromatic N) is 1. The highest BCUT2D eigenvalue weighted by Crippen LogP contribution is 2.31. The van der Waals surface area contributed by atoms with Crippen LogP contribution in [0.2, 0.25) is 0 Å². The molecule has 0 aromatic heterocycles. The lowest BCUT2D eigenvalue weighted by Crippen LogP contribution is -2.39. The first kappa shape index (κ1) is 9.92. The molecule has 2 rings (SSSR count). The number of ether oxygens (including phenoxy) is 1. The lowest BCUT2D eigenvalue weighted by atomic mass is 9.93. The topological polar surface area (TPSA) is 64.4 Å². The Morgan fingerprint density at radius 3 is 2.73 bits per heavy atom. The van der Waals surface area contributed by atoms with E-state index in [9.17, 15) is 10.1 Å². The molecule has 1 aliphatic rings. The Morgan fingerprint density at radius 2 is 2.27 bits per heavy atom. The first-order chi connectivity index (χ1) is 7.22. The minimum absolute atomic E-state index is 0.0218. The molecule has 0 amide bonds. The number of nitro benzene ring substituents is 1. The van der Waals surface area contributed by atoms with Crippen molar-refractivity contribution in [3.63, 3.8) is 0 Å². The van der Waals surface area contributed by atoms with Gasteiger partial charge >= 0.3 is 5.69 Å². The highest BCUT2D eigenvalue weighted by molar-refractivity contribution is 5.49. The number of rotatable bonds is 3. The number of hydrogen-bond donors (Lipinski definition) is 1. The van der Waals surface area contributed by atoms with Gasteiger partial charge in [-0.05, 0) is 11.6 Å². The van der Waals surface area contributed by atoms with Crippen LogP contribution in [0, 0.1) is 10.1 Å². The van der Waals surface area contributed by atoms with Crippen molar-refractivity contribution in [2.24, 2.45) is 0 Å². The summed E-state index contributed by atoms with van der Waals surface area (Å²) in [7, 11) is 1.45. The molecule has 0 radical (unpaired) electrons. The molecule has 80 valence electrons. The molecule has 1 saturated heterocycles. The van der Waals surface area contributed by atoms with Crippen molar-refractivity contribution in [2.45, 2.75) is 5.92 Å². The Balaban J connectivity index is 2.33. The number of methoxy groups -OCH3 is 1. The Kier molecular flexibility index (Phi) is 2.55. The van der Waals surface area contributed by atoms with Crippen molar-refractivity contribution >= 4 is 5.69 Å². The van der Waals surface area contributed by atoms with Crippen molar-refractivity contribution in [2.75, 3.05) is 20.2 Å². The van der Waals surface area contributed by atoms with Crippen LogP contribution in [0.1, 0.15) is 11.5 Å². The van der Waals surface area contributed by atoms with E-state index in [-0.39, 0.29) is 5.69 Å². The quantitative estimate of drug-likeness (QED) is 0.600. The van der Waals surface area contributed by atoms with Crippen molar-refractivity contribution < 1.29 is 9.66 Å². The highest BCUT2D eigenvalue weighted by atomic mass is 16.6. The van der Waals surface area contributed by atoms with E-state index in [4.69, 9.17) is 4.74 Å². The third-order valence-corrected chi connectivity index (χ3v) is 2.65. The van der Waals surface area contributed by atoms with Crippen LogP contribution in [0.25, 0.3) is 0 Å². The molecule has 1 N–H and O–H groups in total. The highest BCUT2D eigenvalue weighted by Gasteiger charge is 2.22. The predicted octanol–water partition coefficient (Wildman–Crippen LogP) is 1.29. The van der Waals surface area contributed by atoms with Crippen LogP contribution in [0.4, 0.5) is 5.69 Å². The van der Waals surface area contributed by atoms with Crippen molar-refractivity contribution in [1.82, 2.24) is 5.32 Å². The molecule has 0 spiro atoms. The zero-order valence-corrected chi connectivity index (χ0v) is 8.40. The predicted molar refractivity (Wildman–Crippen MR) is 55.3 cm³/mol. The average molecular weight is 208 g/mol. The molecule has 0 atom stereocenters. The summed E-state index contributed by atoms with van der Waals surface area (Å²) < 4.78 is 5.00. The summed E-state index contributed by atoms with van der Waals surface area (Å²) >= 11 is 0. The summed E-state index contributed by atoms with van der Waals surface area (Å²) in [6, 6.07) is 5.06. The Bertz CT molecular complexity index is 388. The number of nitrogens with one attached hydrogen (secondary N) is 1. The van der Waals surface area contributed by atoms with Crippen LogP contribution >= 0.6 is 0 Å². The monoisotopic (exact) mass is 208 g/mol. The zero-order chi connectivity index (χ0) is 10.8. The smallest absolute Gasteiger partial charge is 0.310 e. The van der Waals surface area contributed by atoms with Gasteiger partial charge in [-0.25, -0.2) is 0 Å². The van der Waals surface area contributed by atoms with Crippen LogP contribution in [0.3, 0.4) is 0 Å². The van der Waals surface area contributed by atoms with E-state index in [0.29, 0.717) is 11.7 Å². The van der Waals surface area contributed by atoms with E-state index >= 15 is 0 Å². The molecule has 1 aromatic carbocycles. The van der Waals surface area contributed by atoms with E-state index in [1.165, 1.54) is 13.2 Å². The minimum Gasteiger partial charge on any atom is -0.490 e. The van der Waals surface area contributed by atoms with Gasteiger partial charge < -0.3 is 10.1 Å². The molecule has 1 fully saturated rings. The van der Waals surface area contributed by atoms with E-state index in [1.807, 2.05) is 0 Å². The molecular weight excluding hydrogens is 196 g/mol. The van der Waals surface area contributed by atoms with Gasteiger partial charge in [0.15, 0.2) is 5.75 Å². The first-order valence-electron chi connectivity index (χ1n) is 4.75. The van der Waals surface area contributed by atoms with Gasteiger partial charge in [0.05, 0.1) is 12.0 Å². The maximum Gasteiger partial charge on any atom is 0.310 e. The van der Waals surface area contributed by atoms with E-state index in [0.717, 1.165) is 18.7 Å². The second-order valence-electron chi connectivity index (χ2n) is 3.54. The number of nitro groups is 1.